The van der Waals surface area contributed by atoms with Crippen LogP contribution in [0.2, 0.25) is 0 Å². The molecular weight excluding hydrogens is 220 g/mol. The first-order chi connectivity index (χ1) is 7.54. The van der Waals surface area contributed by atoms with Gasteiger partial charge >= 0.3 is 0 Å². The molecule has 1 heterocycles. The molecule has 88 valence electrons. The molecule has 16 heavy (non-hydrogen) atoms. The summed E-state index contributed by atoms with van der Waals surface area (Å²) in [7, 11) is 1.91. The molecule has 0 radical (unpaired) electrons. The van der Waals surface area contributed by atoms with E-state index in [0.717, 1.165) is 11.3 Å². The lowest BCUT2D eigenvalue weighted by molar-refractivity contribution is 0.699. The van der Waals surface area contributed by atoms with Crippen LogP contribution < -0.4 is 10.6 Å². The molecule has 0 aromatic carbocycles. The summed E-state index contributed by atoms with van der Waals surface area (Å²) in [5.41, 5.74) is 2.18. The van der Waals surface area contributed by atoms with Crippen molar-refractivity contribution in [3.05, 3.63) is 30.1 Å². The number of thiocarbonyl (C=S) groups is 1. The molecule has 1 atom stereocenters. The molecule has 5 heteroatoms. The maximum Gasteiger partial charge on any atom is 0.167 e. The molecule has 0 spiro atoms. The number of nitrogens with one attached hydrogen (secondary N) is 2. The minimum Gasteiger partial charge on any atom is -0.359 e. The van der Waals surface area contributed by atoms with Gasteiger partial charge in [-0.05, 0) is 26.1 Å². The molecule has 1 unspecified atom stereocenters. The van der Waals surface area contributed by atoms with Gasteiger partial charge in [0.15, 0.2) is 5.11 Å². The van der Waals surface area contributed by atoms with Crippen molar-refractivity contribution < 1.29 is 0 Å². The Morgan fingerprint density at radius 3 is 2.94 bits per heavy atom. The summed E-state index contributed by atoms with van der Waals surface area (Å²) in [5, 5.41) is 11.2. The SMILES string of the molecule is C=CCNC(=S)NC(C)c1cn(C)nc1C. The first-order valence-electron chi connectivity index (χ1n) is 5.20. The third-order valence-corrected chi connectivity index (χ3v) is 2.53. The van der Waals surface area contributed by atoms with E-state index in [-0.39, 0.29) is 6.04 Å². The van der Waals surface area contributed by atoms with Gasteiger partial charge in [0.25, 0.3) is 0 Å². The molecule has 1 aromatic rings. The average molecular weight is 238 g/mol. The molecule has 0 saturated heterocycles. The zero-order chi connectivity index (χ0) is 12.1. The quantitative estimate of drug-likeness (QED) is 0.615. The highest BCUT2D eigenvalue weighted by Crippen LogP contribution is 2.14. The van der Waals surface area contributed by atoms with E-state index in [1.807, 2.05) is 24.9 Å². The molecule has 0 bridgehead atoms. The van der Waals surface area contributed by atoms with Gasteiger partial charge in [-0.3, -0.25) is 4.68 Å². The van der Waals surface area contributed by atoms with Crippen molar-refractivity contribution >= 4 is 17.3 Å². The second-order valence-electron chi connectivity index (χ2n) is 3.71. The summed E-state index contributed by atoms with van der Waals surface area (Å²) >= 11 is 5.15. The van der Waals surface area contributed by atoms with E-state index < -0.39 is 0 Å². The van der Waals surface area contributed by atoms with Gasteiger partial charge in [0, 0.05) is 25.4 Å². The van der Waals surface area contributed by atoms with Crippen molar-refractivity contribution in [1.82, 2.24) is 20.4 Å². The maximum atomic E-state index is 5.15. The van der Waals surface area contributed by atoms with Crippen LogP contribution in [0.15, 0.2) is 18.9 Å². The lowest BCUT2D eigenvalue weighted by Gasteiger charge is -2.15. The summed E-state index contributed by atoms with van der Waals surface area (Å²) in [6, 6.07) is 0.151. The molecule has 0 aliphatic rings. The molecule has 1 rings (SSSR count). The van der Waals surface area contributed by atoms with Gasteiger partial charge in [0.2, 0.25) is 0 Å². The summed E-state index contributed by atoms with van der Waals surface area (Å²) in [5.74, 6) is 0. The van der Waals surface area contributed by atoms with E-state index in [2.05, 4.69) is 29.2 Å². The zero-order valence-electron chi connectivity index (χ0n) is 9.95. The van der Waals surface area contributed by atoms with Crippen LogP contribution in [0.3, 0.4) is 0 Å². The fourth-order valence-electron chi connectivity index (χ4n) is 1.53. The van der Waals surface area contributed by atoms with Crippen molar-refractivity contribution in [2.75, 3.05) is 6.54 Å². The Kier molecular flexibility index (Phi) is 4.49. The lowest BCUT2D eigenvalue weighted by Crippen LogP contribution is -2.36. The summed E-state index contributed by atoms with van der Waals surface area (Å²) in [6.45, 7) is 8.35. The van der Waals surface area contributed by atoms with E-state index in [0.29, 0.717) is 11.7 Å². The maximum absolute atomic E-state index is 5.15. The van der Waals surface area contributed by atoms with Gasteiger partial charge < -0.3 is 10.6 Å². The lowest BCUT2D eigenvalue weighted by atomic mass is 10.1. The fourth-order valence-corrected chi connectivity index (χ4v) is 1.79. The van der Waals surface area contributed by atoms with Crippen LogP contribution in [0.1, 0.15) is 24.2 Å². The third kappa shape index (κ3) is 3.34. The Labute approximate surface area is 102 Å². The van der Waals surface area contributed by atoms with E-state index in [9.17, 15) is 0 Å². The van der Waals surface area contributed by atoms with Gasteiger partial charge in [0.1, 0.15) is 0 Å². The zero-order valence-corrected chi connectivity index (χ0v) is 10.8. The van der Waals surface area contributed by atoms with Crippen molar-refractivity contribution in [3.63, 3.8) is 0 Å². The predicted octanol–water partition coefficient (Wildman–Crippen LogP) is 1.44. The van der Waals surface area contributed by atoms with Crippen LogP contribution >= 0.6 is 12.2 Å². The van der Waals surface area contributed by atoms with Crippen LogP contribution in [0, 0.1) is 6.92 Å². The Hall–Kier alpha value is -1.36. The largest absolute Gasteiger partial charge is 0.359 e. The molecule has 1 aromatic heterocycles. The van der Waals surface area contributed by atoms with E-state index >= 15 is 0 Å². The Morgan fingerprint density at radius 1 is 1.75 bits per heavy atom. The highest BCUT2D eigenvalue weighted by atomic mass is 32.1. The van der Waals surface area contributed by atoms with E-state index in [1.165, 1.54) is 0 Å². The highest BCUT2D eigenvalue weighted by molar-refractivity contribution is 7.80. The minimum absolute atomic E-state index is 0.151. The summed E-state index contributed by atoms with van der Waals surface area (Å²) < 4.78 is 1.81. The summed E-state index contributed by atoms with van der Waals surface area (Å²) in [4.78, 5) is 0. The van der Waals surface area contributed by atoms with Crippen molar-refractivity contribution in [3.8, 4) is 0 Å². The average Bonchev–Trinajstić information content (AvgIpc) is 2.54. The number of nitrogens with zero attached hydrogens (tertiary/aromatic N) is 2. The monoisotopic (exact) mass is 238 g/mol. The van der Waals surface area contributed by atoms with E-state index in [1.54, 1.807) is 6.08 Å². The summed E-state index contributed by atoms with van der Waals surface area (Å²) in [6.07, 6.45) is 3.77. The smallest absolute Gasteiger partial charge is 0.167 e. The molecule has 0 fully saturated rings. The first kappa shape index (κ1) is 12.7. The topological polar surface area (TPSA) is 41.9 Å². The van der Waals surface area contributed by atoms with Gasteiger partial charge in [-0.2, -0.15) is 5.10 Å². The number of aryl methyl sites for hydroxylation is 2. The Bertz CT molecular complexity index is 383. The first-order valence-corrected chi connectivity index (χ1v) is 5.60. The van der Waals surface area contributed by atoms with Gasteiger partial charge in [0.05, 0.1) is 11.7 Å². The van der Waals surface area contributed by atoms with Crippen molar-refractivity contribution in [2.45, 2.75) is 19.9 Å². The van der Waals surface area contributed by atoms with E-state index in [4.69, 9.17) is 12.2 Å². The van der Waals surface area contributed by atoms with Crippen LogP contribution in [0.25, 0.3) is 0 Å². The number of hydrogen-bond acceptors (Lipinski definition) is 2. The fraction of sp³-hybridized carbons (Fsp3) is 0.455. The van der Waals surface area contributed by atoms with Crippen LogP contribution in [0.4, 0.5) is 0 Å². The number of rotatable bonds is 4. The second kappa shape index (κ2) is 5.65. The number of aromatic nitrogens is 2. The van der Waals surface area contributed by atoms with Gasteiger partial charge in [-0.15, -0.1) is 6.58 Å². The van der Waals surface area contributed by atoms with Crippen LogP contribution in [-0.4, -0.2) is 21.4 Å². The predicted molar refractivity (Wildman–Crippen MR) is 70.3 cm³/mol. The Balaban J connectivity index is 2.58. The van der Waals surface area contributed by atoms with Crippen LogP contribution in [0.5, 0.6) is 0 Å². The van der Waals surface area contributed by atoms with Gasteiger partial charge in [-0.1, -0.05) is 6.08 Å². The van der Waals surface area contributed by atoms with Crippen molar-refractivity contribution in [2.24, 2.45) is 7.05 Å². The molecule has 0 amide bonds. The second-order valence-corrected chi connectivity index (χ2v) is 4.12. The highest BCUT2D eigenvalue weighted by Gasteiger charge is 2.11. The molecule has 2 N–H and O–H groups in total. The molecule has 4 nitrogen and oxygen atoms in total. The molecule has 0 aliphatic carbocycles. The molecule has 0 saturated carbocycles. The molecular formula is C11H18N4S. The van der Waals surface area contributed by atoms with Gasteiger partial charge in [-0.25, -0.2) is 0 Å². The minimum atomic E-state index is 0.151. The number of hydrogen-bond donors (Lipinski definition) is 2. The normalized spacial score (nSPS) is 11.9. The van der Waals surface area contributed by atoms with Crippen molar-refractivity contribution in [1.29, 1.82) is 0 Å². The van der Waals surface area contributed by atoms with Crippen LogP contribution in [-0.2, 0) is 7.05 Å². The Morgan fingerprint density at radius 2 is 2.44 bits per heavy atom. The standard InChI is InChI=1S/C11H18N4S/c1-5-6-12-11(16)13-8(2)10-7-15(4)14-9(10)3/h5,7-8H,1,6H2,2-4H3,(H2,12,13,16). The third-order valence-electron chi connectivity index (χ3n) is 2.27. The molecule has 0 aliphatic heterocycles.